The topological polar surface area (TPSA) is 50.4 Å². The normalized spacial score (nSPS) is 13.9. The van der Waals surface area contributed by atoms with Crippen LogP contribution in [-0.4, -0.2) is 25.7 Å². The van der Waals surface area contributed by atoms with Crippen molar-refractivity contribution in [3.8, 4) is 5.75 Å². The summed E-state index contributed by atoms with van der Waals surface area (Å²) in [6, 6.07) is 6.86. The first-order chi connectivity index (χ1) is 8.02. The second kappa shape index (κ2) is 6.80. The van der Waals surface area contributed by atoms with Gasteiger partial charge in [0.2, 0.25) is 5.91 Å². The van der Waals surface area contributed by atoms with E-state index < -0.39 is 8.30 Å². The third-order valence-electron chi connectivity index (χ3n) is 2.07. The first kappa shape index (κ1) is 14.2. The van der Waals surface area contributed by atoms with Crippen molar-refractivity contribution in [2.24, 2.45) is 0 Å². The van der Waals surface area contributed by atoms with E-state index in [1.165, 1.54) is 0 Å². The number of hydrogen-bond donors (Lipinski definition) is 2. The van der Waals surface area contributed by atoms with Gasteiger partial charge in [-0.3, -0.25) is 9.88 Å². The van der Waals surface area contributed by atoms with Crippen LogP contribution in [0.2, 0.25) is 5.02 Å². The molecule has 1 rings (SSSR count). The largest absolute Gasteiger partial charge is 0.459 e. The lowest BCUT2D eigenvalue weighted by atomic mass is 10.3. The lowest BCUT2D eigenvalue weighted by molar-refractivity contribution is -0.121. The van der Waals surface area contributed by atoms with E-state index in [0.717, 1.165) is 5.75 Å². The molecule has 0 fully saturated rings. The Labute approximate surface area is 108 Å². The van der Waals surface area contributed by atoms with Crippen LogP contribution in [0.15, 0.2) is 24.3 Å². The molecule has 94 valence electrons. The molecule has 0 aliphatic heterocycles. The van der Waals surface area contributed by atoms with Crippen molar-refractivity contribution in [1.82, 2.24) is 10.4 Å². The van der Waals surface area contributed by atoms with Crippen molar-refractivity contribution in [2.45, 2.75) is 13.0 Å². The highest BCUT2D eigenvalue weighted by molar-refractivity contribution is 7.49. The van der Waals surface area contributed by atoms with Crippen LogP contribution in [0.4, 0.5) is 0 Å². The van der Waals surface area contributed by atoms with Crippen molar-refractivity contribution in [3.05, 3.63) is 29.3 Å². The summed E-state index contributed by atoms with van der Waals surface area (Å²) < 4.78 is 5.65. The van der Waals surface area contributed by atoms with E-state index in [0.29, 0.717) is 5.02 Å². The maximum Gasteiger partial charge on any atom is 0.236 e. The van der Waals surface area contributed by atoms with Gasteiger partial charge in [0.1, 0.15) is 5.75 Å². The van der Waals surface area contributed by atoms with Crippen LogP contribution in [-0.2, 0) is 4.79 Å². The fourth-order valence-electron chi connectivity index (χ4n) is 1.23. The van der Waals surface area contributed by atoms with Crippen LogP contribution in [0.5, 0.6) is 5.75 Å². The lowest BCUT2D eigenvalue weighted by Crippen LogP contribution is -2.38. The summed E-state index contributed by atoms with van der Waals surface area (Å²) >= 11 is 5.77. The quantitative estimate of drug-likeness (QED) is 0.811. The molecule has 0 aromatic heterocycles. The molecule has 0 spiro atoms. The third-order valence-corrected chi connectivity index (χ3v) is 3.56. The lowest BCUT2D eigenvalue weighted by Gasteiger charge is -2.19. The summed E-state index contributed by atoms with van der Waals surface area (Å²) in [6.07, 6.45) is 0. The van der Waals surface area contributed by atoms with Gasteiger partial charge in [0, 0.05) is 18.7 Å². The van der Waals surface area contributed by atoms with Gasteiger partial charge < -0.3 is 9.84 Å². The van der Waals surface area contributed by atoms with Crippen molar-refractivity contribution < 1.29 is 9.32 Å². The second-order valence-electron chi connectivity index (χ2n) is 3.51. The first-order valence-corrected chi connectivity index (χ1v) is 7.26. The number of rotatable bonds is 5. The molecule has 0 heterocycles. The minimum atomic E-state index is -0.898. The van der Waals surface area contributed by atoms with Gasteiger partial charge in [0.15, 0.2) is 8.30 Å². The zero-order valence-electron chi connectivity index (χ0n) is 10.0. The number of likely N-dealkylation sites (N-methyl/N-ethyl adjacent to an activating group) is 1. The second-order valence-corrected chi connectivity index (χ2v) is 5.38. The molecule has 1 amide bonds. The average molecular weight is 275 g/mol. The molecule has 0 aliphatic carbocycles. The Morgan fingerprint density at radius 3 is 2.53 bits per heavy atom. The molecule has 17 heavy (non-hydrogen) atoms. The predicted molar refractivity (Wildman–Crippen MR) is 71.6 cm³/mol. The molecule has 0 saturated heterocycles. The smallest absolute Gasteiger partial charge is 0.236 e. The molecule has 1 aromatic rings. The van der Waals surface area contributed by atoms with Gasteiger partial charge in [-0.25, -0.2) is 0 Å². The van der Waals surface area contributed by atoms with Gasteiger partial charge in [-0.15, -0.1) is 0 Å². The number of benzene rings is 1. The Bertz CT molecular complexity index is 372. The van der Waals surface area contributed by atoms with Gasteiger partial charge >= 0.3 is 0 Å². The maximum absolute atomic E-state index is 11.3. The summed E-state index contributed by atoms with van der Waals surface area (Å²) in [7, 11) is 0.712. The van der Waals surface area contributed by atoms with Gasteiger partial charge in [-0.05, 0) is 31.2 Å². The van der Waals surface area contributed by atoms with Gasteiger partial charge in [-0.1, -0.05) is 11.6 Å². The van der Waals surface area contributed by atoms with Crippen molar-refractivity contribution >= 4 is 25.8 Å². The Morgan fingerprint density at radius 2 is 2.00 bits per heavy atom. The fraction of sp³-hybridized carbons (Fsp3) is 0.364. The Kier molecular flexibility index (Phi) is 5.69. The zero-order valence-corrected chi connectivity index (χ0v) is 11.7. The van der Waals surface area contributed by atoms with Crippen molar-refractivity contribution in [3.63, 3.8) is 0 Å². The summed E-state index contributed by atoms with van der Waals surface area (Å²) in [5.41, 5.74) is 0. The highest BCUT2D eigenvalue weighted by Gasteiger charge is 2.14. The predicted octanol–water partition coefficient (Wildman–Crippen LogP) is 2.38. The monoisotopic (exact) mass is 274 g/mol. The number of halogens is 1. The highest BCUT2D eigenvalue weighted by atomic mass is 35.5. The molecule has 2 N–H and O–H groups in total. The molecule has 6 heteroatoms. The van der Waals surface area contributed by atoms with Gasteiger partial charge in [-0.2, -0.15) is 0 Å². The first-order valence-electron chi connectivity index (χ1n) is 5.18. The van der Waals surface area contributed by atoms with E-state index in [-0.39, 0.29) is 11.9 Å². The fourth-order valence-corrected chi connectivity index (χ4v) is 2.51. The zero-order chi connectivity index (χ0) is 12.8. The van der Waals surface area contributed by atoms with E-state index >= 15 is 0 Å². The molecule has 4 nitrogen and oxygen atoms in total. The average Bonchev–Trinajstić information content (AvgIpc) is 2.30. The minimum Gasteiger partial charge on any atom is -0.459 e. The van der Waals surface area contributed by atoms with Crippen LogP contribution in [0.3, 0.4) is 0 Å². The number of nitrogens with one attached hydrogen (secondary N) is 2. The van der Waals surface area contributed by atoms with E-state index in [9.17, 15) is 4.79 Å². The van der Waals surface area contributed by atoms with Crippen LogP contribution in [0.25, 0.3) is 0 Å². The van der Waals surface area contributed by atoms with E-state index in [4.69, 9.17) is 16.1 Å². The van der Waals surface area contributed by atoms with Gasteiger partial charge in [0.25, 0.3) is 0 Å². The Morgan fingerprint density at radius 1 is 1.41 bits per heavy atom. The van der Waals surface area contributed by atoms with E-state index in [1.54, 1.807) is 38.2 Å². The number of hydrogen-bond acceptors (Lipinski definition) is 3. The molecule has 0 saturated carbocycles. The van der Waals surface area contributed by atoms with Crippen molar-refractivity contribution in [1.29, 1.82) is 0 Å². The van der Waals surface area contributed by atoms with E-state index in [1.807, 2.05) is 6.66 Å². The van der Waals surface area contributed by atoms with Crippen LogP contribution in [0.1, 0.15) is 6.92 Å². The molecular weight excluding hydrogens is 259 g/mol. The summed E-state index contributed by atoms with van der Waals surface area (Å²) in [5, 5.41) is 6.34. The molecular formula is C11H16ClN2O2P. The molecule has 0 bridgehead atoms. The highest BCUT2D eigenvalue weighted by Crippen LogP contribution is 2.31. The Hall–Kier alpha value is -0.830. The number of carbonyl (C=O) groups excluding carboxylic acids is 1. The van der Waals surface area contributed by atoms with Crippen molar-refractivity contribution in [2.75, 3.05) is 13.7 Å². The third kappa shape index (κ3) is 4.90. The maximum atomic E-state index is 11.3. The molecule has 0 aliphatic rings. The number of amides is 1. The van der Waals surface area contributed by atoms with Gasteiger partial charge in [0.05, 0.1) is 6.04 Å². The summed E-state index contributed by atoms with van der Waals surface area (Å²) in [5.74, 6) is 0.679. The van der Waals surface area contributed by atoms with E-state index in [2.05, 4.69) is 10.4 Å². The minimum absolute atomic E-state index is 0.0564. The standard InChI is InChI=1S/C11H16ClN2O2P/c1-8(11(15)13-2)14-17(3)16-10-6-4-9(12)5-7-10/h4-8,14H,1-3H3,(H,13,15). The molecule has 1 aromatic carbocycles. The molecule has 0 radical (unpaired) electrons. The summed E-state index contributed by atoms with van der Waals surface area (Å²) in [6.45, 7) is 3.70. The van der Waals surface area contributed by atoms with Crippen LogP contribution in [0, 0.1) is 0 Å². The molecule has 2 atom stereocenters. The van der Waals surface area contributed by atoms with Crippen LogP contribution < -0.4 is 14.9 Å². The summed E-state index contributed by atoms with van der Waals surface area (Å²) in [4.78, 5) is 11.3. The van der Waals surface area contributed by atoms with Crippen LogP contribution >= 0.6 is 19.9 Å². The number of carbonyl (C=O) groups is 1. The SMILES string of the molecule is CNC(=O)C(C)NP(C)Oc1ccc(Cl)cc1. The Balaban J connectivity index is 2.46. The molecule has 2 unspecified atom stereocenters.